The lowest BCUT2D eigenvalue weighted by Gasteiger charge is -2.28. The molecule has 1 fully saturated rings. The standard InChI is InChI=1S/C28H48N4O4Si2/c1-8-36-28(33)19-23-10-9-11-24(18-23)25-20-27(32-26(30-25)12-13-29-32)31(21-34-14-16-37(2,3)4)22-35-15-17-38(5,6)7/h12-13,19-20,24H,8-11,14-18,21-22H2,1-7H3/b23-19-. The number of ether oxygens (including phenoxy) is 3. The minimum atomic E-state index is -1.18. The third kappa shape index (κ3) is 9.94. The first kappa shape index (κ1) is 30.5. The average molecular weight is 561 g/mol. The predicted molar refractivity (Wildman–Crippen MR) is 159 cm³/mol. The van der Waals surface area contributed by atoms with Crippen molar-refractivity contribution in [1.29, 1.82) is 0 Å². The molecule has 2 heterocycles. The molecule has 10 heteroatoms. The Bertz CT molecular complexity index is 1050. The van der Waals surface area contributed by atoms with Gasteiger partial charge in [-0.15, -0.1) is 0 Å². The van der Waals surface area contributed by atoms with Crippen LogP contribution in [0.25, 0.3) is 5.65 Å². The van der Waals surface area contributed by atoms with Crippen LogP contribution in [0, 0.1) is 0 Å². The van der Waals surface area contributed by atoms with E-state index >= 15 is 0 Å². The topological polar surface area (TPSA) is 78.2 Å². The van der Waals surface area contributed by atoms with Gasteiger partial charge >= 0.3 is 5.97 Å². The third-order valence-electron chi connectivity index (χ3n) is 6.76. The number of hydrogen-bond acceptors (Lipinski definition) is 7. The summed E-state index contributed by atoms with van der Waals surface area (Å²) in [5.41, 5.74) is 2.97. The Morgan fingerprint density at radius 2 is 1.76 bits per heavy atom. The van der Waals surface area contributed by atoms with E-state index < -0.39 is 16.1 Å². The lowest BCUT2D eigenvalue weighted by molar-refractivity contribution is -0.137. The maximum absolute atomic E-state index is 12.1. The lowest BCUT2D eigenvalue weighted by atomic mass is 9.83. The van der Waals surface area contributed by atoms with E-state index in [-0.39, 0.29) is 11.9 Å². The molecule has 1 aliphatic rings. The Kier molecular flexibility index (Phi) is 11.1. The average Bonchev–Trinajstić information content (AvgIpc) is 3.30. The molecule has 2 aromatic heterocycles. The van der Waals surface area contributed by atoms with Crippen molar-refractivity contribution in [3.05, 3.63) is 35.7 Å². The van der Waals surface area contributed by atoms with Crippen molar-refractivity contribution in [3.8, 4) is 0 Å². The van der Waals surface area contributed by atoms with Crippen LogP contribution in [0.2, 0.25) is 51.4 Å². The molecule has 1 unspecified atom stereocenters. The molecule has 0 amide bonds. The smallest absolute Gasteiger partial charge is 0.330 e. The number of carbonyl (C=O) groups excluding carboxylic acids is 1. The summed E-state index contributed by atoms with van der Waals surface area (Å²) in [6.07, 6.45) is 7.28. The summed E-state index contributed by atoms with van der Waals surface area (Å²) in [4.78, 5) is 19.2. The fourth-order valence-electron chi connectivity index (χ4n) is 4.46. The number of nitrogens with zero attached hydrogens (tertiary/aromatic N) is 4. The molecule has 212 valence electrons. The number of aromatic nitrogens is 3. The van der Waals surface area contributed by atoms with Crippen molar-refractivity contribution < 1.29 is 19.0 Å². The first-order valence-corrected chi connectivity index (χ1v) is 21.5. The molecule has 8 nitrogen and oxygen atoms in total. The minimum absolute atomic E-state index is 0.241. The summed E-state index contributed by atoms with van der Waals surface area (Å²) >= 11 is 0. The van der Waals surface area contributed by atoms with Crippen molar-refractivity contribution in [2.24, 2.45) is 0 Å². The number of esters is 1. The number of carbonyl (C=O) groups is 1. The highest BCUT2D eigenvalue weighted by atomic mass is 28.3. The van der Waals surface area contributed by atoms with E-state index in [1.807, 2.05) is 17.5 Å². The Labute approximate surface area is 230 Å². The fraction of sp³-hybridized carbons (Fsp3) is 0.679. The molecule has 1 aliphatic carbocycles. The van der Waals surface area contributed by atoms with Crippen LogP contribution in [0.4, 0.5) is 5.82 Å². The summed E-state index contributed by atoms with van der Waals surface area (Å²) < 4.78 is 19.4. The van der Waals surface area contributed by atoms with Gasteiger partial charge in [0.2, 0.25) is 0 Å². The van der Waals surface area contributed by atoms with Crippen molar-refractivity contribution in [2.75, 3.05) is 38.2 Å². The van der Waals surface area contributed by atoms with Crippen molar-refractivity contribution in [2.45, 2.75) is 89.9 Å². The summed E-state index contributed by atoms with van der Waals surface area (Å²) in [6.45, 7) is 18.8. The predicted octanol–water partition coefficient (Wildman–Crippen LogP) is 6.31. The van der Waals surface area contributed by atoms with Gasteiger partial charge in [-0.05, 0) is 44.7 Å². The van der Waals surface area contributed by atoms with Crippen molar-refractivity contribution >= 4 is 33.6 Å². The number of hydrogen-bond donors (Lipinski definition) is 0. The van der Waals surface area contributed by atoms with Gasteiger partial charge in [0.15, 0.2) is 5.65 Å². The van der Waals surface area contributed by atoms with Crippen LogP contribution in [-0.4, -0.2) is 70.0 Å². The van der Waals surface area contributed by atoms with E-state index in [0.29, 0.717) is 20.1 Å². The molecule has 2 aromatic rings. The Morgan fingerprint density at radius 3 is 2.37 bits per heavy atom. The van der Waals surface area contributed by atoms with Crippen LogP contribution < -0.4 is 4.90 Å². The zero-order valence-corrected chi connectivity index (χ0v) is 26.6. The van der Waals surface area contributed by atoms with E-state index in [2.05, 4.69) is 55.3 Å². The number of fused-ring (bicyclic) bond motifs is 1. The Morgan fingerprint density at radius 1 is 1.11 bits per heavy atom. The Hall–Kier alpha value is -2.02. The molecule has 1 atom stereocenters. The molecule has 0 spiro atoms. The molecule has 1 saturated carbocycles. The van der Waals surface area contributed by atoms with Crippen LogP contribution in [-0.2, 0) is 19.0 Å². The van der Waals surface area contributed by atoms with Gasteiger partial charge in [-0.2, -0.15) is 9.61 Å². The maximum Gasteiger partial charge on any atom is 0.330 e. The quantitative estimate of drug-likeness (QED) is 0.0881. The Balaban J connectivity index is 1.83. The molecule has 0 aliphatic heterocycles. The first-order valence-electron chi connectivity index (χ1n) is 14.1. The zero-order valence-electron chi connectivity index (χ0n) is 24.6. The van der Waals surface area contributed by atoms with Crippen molar-refractivity contribution in [1.82, 2.24) is 14.6 Å². The van der Waals surface area contributed by atoms with Gasteiger partial charge < -0.3 is 19.1 Å². The van der Waals surface area contributed by atoms with Crippen LogP contribution in [0.3, 0.4) is 0 Å². The molecule has 3 rings (SSSR count). The molecule has 0 bridgehead atoms. The zero-order chi connectivity index (χ0) is 27.8. The van der Waals surface area contributed by atoms with E-state index in [0.717, 1.165) is 73.7 Å². The van der Waals surface area contributed by atoms with E-state index in [9.17, 15) is 4.79 Å². The lowest BCUT2D eigenvalue weighted by Crippen LogP contribution is -2.33. The molecule has 0 N–H and O–H groups in total. The normalized spacial score (nSPS) is 17.8. The van der Waals surface area contributed by atoms with E-state index in [1.165, 1.54) is 0 Å². The second-order valence-corrected chi connectivity index (χ2v) is 24.0. The molecule has 0 radical (unpaired) electrons. The summed E-state index contributed by atoms with van der Waals surface area (Å²) in [7, 11) is -2.37. The highest BCUT2D eigenvalue weighted by molar-refractivity contribution is 6.76. The second-order valence-electron chi connectivity index (χ2n) is 12.7. The molecule has 0 saturated heterocycles. The first-order chi connectivity index (χ1) is 17.9. The monoisotopic (exact) mass is 560 g/mol. The number of rotatable bonds is 14. The molecular formula is C28H48N4O4Si2. The van der Waals surface area contributed by atoms with Gasteiger partial charge in [0.1, 0.15) is 19.3 Å². The van der Waals surface area contributed by atoms with Gasteiger partial charge in [0.05, 0.1) is 12.8 Å². The van der Waals surface area contributed by atoms with Gasteiger partial charge in [0, 0.05) is 59.2 Å². The van der Waals surface area contributed by atoms with Crippen LogP contribution in [0.5, 0.6) is 0 Å². The fourth-order valence-corrected chi connectivity index (χ4v) is 5.97. The van der Waals surface area contributed by atoms with Gasteiger partial charge in [-0.3, -0.25) is 0 Å². The summed E-state index contributed by atoms with van der Waals surface area (Å²) in [5, 5.41) is 4.58. The molecule has 38 heavy (non-hydrogen) atoms. The number of allylic oxidation sites excluding steroid dienone is 1. The highest BCUT2D eigenvalue weighted by Gasteiger charge is 2.24. The van der Waals surface area contributed by atoms with Gasteiger partial charge in [-0.25, -0.2) is 9.78 Å². The van der Waals surface area contributed by atoms with Gasteiger partial charge in [-0.1, -0.05) is 44.9 Å². The highest BCUT2D eigenvalue weighted by Crippen LogP contribution is 2.36. The van der Waals surface area contributed by atoms with Crippen molar-refractivity contribution in [3.63, 3.8) is 0 Å². The number of anilines is 1. The van der Waals surface area contributed by atoms with Crippen LogP contribution in [0.1, 0.15) is 44.2 Å². The van der Waals surface area contributed by atoms with Crippen LogP contribution in [0.15, 0.2) is 30.0 Å². The summed E-state index contributed by atoms with van der Waals surface area (Å²) in [5.74, 6) is 0.920. The summed E-state index contributed by atoms with van der Waals surface area (Å²) in [6, 6.07) is 6.32. The van der Waals surface area contributed by atoms with Gasteiger partial charge in [0.25, 0.3) is 0 Å². The maximum atomic E-state index is 12.1. The largest absolute Gasteiger partial charge is 0.463 e. The molecule has 0 aromatic carbocycles. The van der Waals surface area contributed by atoms with Crippen LogP contribution >= 0.6 is 0 Å². The minimum Gasteiger partial charge on any atom is -0.463 e. The third-order valence-corrected chi connectivity index (χ3v) is 10.2. The van der Waals surface area contributed by atoms with E-state index in [1.54, 1.807) is 12.3 Å². The second kappa shape index (κ2) is 13.9. The van der Waals surface area contributed by atoms with E-state index in [4.69, 9.17) is 19.2 Å². The molecular weight excluding hydrogens is 513 g/mol. The SMILES string of the molecule is CCOC(=O)/C=C1/CCCC(c2cc(N(COCC[Si](C)(C)C)COCC[Si](C)(C)C)n3nccc3n2)C1.